The first-order chi connectivity index (χ1) is 14.4. The van der Waals surface area contributed by atoms with E-state index >= 15 is 0 Å². The Morgan fingerprint density at radius 3 is 2.10 bits per heavy atom. The Balaban J connectivity index is 1.77. The Hall–Kier alpha value is -3.61. The molecule has 152 valence electrons. The molecule has 1 aliphatic rings. The van der Waals surface area contributed by atoms with Crippen LogP contribution in [0.15, 0.2) is 66.7 Å². The maximum Gasteiger partial charge on any atom is 0.265 e. The number of carbonyl (C=O) groups is 2. The minimum atomic E-state index is -0.995. The van der Waals surface area contributed by atoms with Crippen molar-refractivity contribution in [2.45, 2.75) is 19.5 Å². The highest BCUT2D eigenvalue weighted by molar-refractivity contribution is 6.17. The number of para-hydroxylation sites is 2. The molecule has 1 atom stereocenters. The lowest BCUT2D eigenvalue weighted by molar-refractivity contribution is -0.119. The Morgan fingerprint density at radius 1 is 0.867 bits per heavy atom. The Labute approximate surface area is 171 Å². The van der Waals surface area contributed by atoms with Crippen LogP contribution in [0.5, 0.6) is 0 Å². The molecule has 7 heteroatoms. The maximum atomic E-state index is 14.2. The van der Waals surface area contributed by atoms with Gasteiger partial charge in [0.25, 0.3) is 5.91 Å². The summed E-state index contributed by atoms with van der Waals surface area (Å²) in [6.07, 6.45) is 0. The number of nitrogens with zero attached hydrogens (tertiary/aromatic N) is 2. The molecule has 0 bridgehead atoms. The average molecular weight is 410 g/mol. The lowest BCUT2D eigenvalue weighted by Crippen LogP contribution is -2.54. The monoisotopic (exact) mass is 410 g/mol. The van der Waals surface area contributed by atoms with Crippen molar-refractivity contribution >= 4 is 23.2 Å². The number of halogens is 3. The predicted molar refractivity (Wildman–Crippen MR) is 107 cm³/mol. The SMILES string of the molecule is C[C@H]1C(=O)N(Cc2ccc(F)cc2)c2ccccc2N1C(=O)c1c(F)cccc1F. The van der Waals surface area contributed by atoms with Crippen LogP contribution >= 0.6 is 0 Å². The highest BCUT2D eigenvalue weighted by Crippen LogP contribution is 2.38. The number of hydrogen-bond donors (Lipinski definition) is 0. The summed E-state index contributed by atoms with van der Waals surface area (Å²) in [5.41, 5.74) is 0.778. The molecule has 30 heavy (non-hydrogen) atoms. The van der Waals surface area contributed by atoms with Gasteiger partial charge in [0.2, 0.25) is 5.91 Å². The first-order valence-electron chi connectivity index (χ1n) is 9.31. The summed E-state index contributed by atoms with van der Waals surface area (Å²) in [6.45, 7) is 1.67. The average Bonchev–Trinajstić information content (AvgIpc) is 2.73. The van der Waals surface area contributed by atoms with E-state index in [-0.39, 0.29) is 12.4 Å². The summed E-state index contributed by atoms with van der Waals surface area (Å²) < 4.78 is 41.7. The van der Waals surface area contributed by atoms with E-state index in [2.05, 4.69) is 0 Å². The highest BCUT2D eigenvalue weighted by atomic mass is 19.1. The molecule has 1 aliphatic heterocycles. The van der Waals surface area contributed by atoms with Crippen LogP contribution in [0, 0.1) is 17.5 Å². The van der Waals surface area contributed by atoms with Gasteiger partial charge in [0.15, 0.2) is 0 Å². The largest absolute Gasteiger partial charge is 0.304 e. The first-order valence-corrected chi connectivity index (χ1v) is 9.31. The minimum Gasteiger partial charge on any atom is -0.304 e. The van der Waals surface area contributed by atoms with Crippen LogP contribution in [0.1, 0.15) is 22.8 Å². The van der Waals surface area contributed by atoms with Crippen LogP contribution in [-0.4, -0.2) is 17.9 Å². The molecule has 3 aromatic rings. The number of hydrogen-bond acceptors (Lipinski definition) is 2. The second kappa shape index (κ2) is 7.67. The van der Waals surface area contributed by atoms with Crippen LogP contribution < -0.4 is 9.80 Å². The molecule has 0 saturated carbocycles. The van der Waals surface area contributed by atoms with Gasteiger partial charge in [0.1, 0.15) is 29.1 Å². The molecule has 4 nitrogen and oxygen atoms in total. The predicted octanol–water partition coefficient (Wildman–Crippen LogP) is 4.69. The van der Waals surface area contributed by atoms with Gasteiger partial charge in [0.05, 0.1) is 17.9 Å². The van der Waals surface area contributed by atoms with Gasteiger partial charge in [-0.05, 0) is 48.9 Å². The lowest BCUT2D eigenvalue weighted by Gasteiger charge is -2.40. The van der Waals surface area contributed by atoms with Crippen LogP contribution in [0.3, 0.4) is 0 Å². The van der Waals surface area contributed by atoms with Crippen LogP contribution in [0.2, 0.25) is 0 Å². The van der Waals surface area contributed by atoms with Gasteiger partial charge in [-0.25, -0.2) is 13.2 Å². The topological polar surface area (TPSA) is 40.6 Å². The van der Waals surface area contributed by atoms with Crippen molar-refractivity contribution < 1.29 is 22.8 Å². The molecule has 0 spiro atoms. The lowest BCUT2D eigenvalue weighted by atomic mass is 10.0. The molecule has 3 aromatic carbocycles. The molecule has 0 fully saturated rings. The molecule has 0 unspecified atom stereocenters. The summed E-state index contributed by atoms with van der Waals surface area (Å²) in [5, 5.41) is 0. The van der Waals surface area contributed by atoms with Crippen LogP contribution in [0.25, 0.3) is 0 Å². The smallest absolute Gasteiger partial charge is 0.265 e. The number of carbonyl (C=O) groups excluding carboxylic acids is 2. The zero-order valence-electron chi connectivity index (χ0n) is 16.0. The van der Waals surface area contributed by atoms with E-state index in [9.17, 15) is 22.8 Å². The molecule has 2 amide bonds. The molecule has 0 saturated heterocycles. The van der Waals surface area contributed by atoms with Gasteiger partial charge in [0, 0.05) is 0 Å². The van der Waals surface area contributed by atoms with Crippen molar-refractivity contribution in [3.63, 3.8) is 0 Å². The van der Waals surface area contributed by atoms with Gasteiger partial charge in [-0.1, -0.05) is 30.3 Å². The number of rotatable bonds is 3. The van der Waals surface area contributed by atoms with Gasteiger partial charge in [-0.2, -0.15) is 0 Å². The number of anilines is 2. The van der Waals surface area contributed by atoms with Crippen LogP contribution in [-0.2, 0) is 11.3 Å². The van der Waals surface area contributed by atoms with E-state index in [1.807, 2.05) is 0 Å². The number of fused-ring (bicyclic) bond motifs is 1. The second-order valence-corrected chi connectivity index (χ2v) is 6.99. The molecular formula is C23H17F3N2O2. The zero-order valence-corrected chi connectivity index (χ0v) is 16.0. The molecule has 0 radical (unpaired) electrons. The van der Waals surface area contributed by atoms with E-state index in [0.29, 0.717) is 16.9 Å². The van der Waals surface area contributed by atoms with Crippen molar-refractivity contribution in [1.29, 1.82) is 0 Å². The Morgan fingerprint density at radius 2 is 1.47 bits per heavy atom. The van der Waals surface area contributed by atoms with Crippen molar-refractivity contribution in [3.05, 3.63) is 95.3 Å². The fourth-order valence-electron chi connectivity index (χ4n) is 3.60. The molecule has 4 rings (SSSR count). The van der Waals surface area contributed by atoms with Crippen molar-refractivity contribution in [3.8, 4) is 0 Å². The summed E-state index contributed by atoms with van der Waals surface area (Å²) in [6, 6.07) is 14.6. The van der Waals surface area contributed by atoms with Crippen molar-refractivity contribution in [2.24, 2.45) is 0 Å². The molecule has 0 aliphatic carbocycles. The molecule has 0 N–H and O–H groups in total. The standard InChI is InChI=1S/C23H17F3N2O2/c1-14-22(29)27(13-15-9-11-16(24)12-10-15)19-7-2-3-8-20(19)28(14)23(30)21-17(25)5-4-6-18(21)26/h2-12,14H,13H2,1H3/t14-/m0/s1. The minimum absolute atomic E-state index is 0.163. The number of benzene rings is 3. The maximum absolute atomic E-state index is 14.2. The van der Waals surface area contributed by atoms with E-state index in [0.717, 1.165) is 17.0 Å². The highest BCUT2D eigenvalue weighted by Gasteiger charge is 2.40. The third-order valence-corrected chi connectivity index (χ3v) is 5.09. The number of amides is 2. The third-order valence-electron chi connectivity index (χ3n) is 5.09. The van der Waals surface area contributed by atoms with Gasteiger partial charge < -0.3 is 4.90 Å². The second-order valence-electron chi connectivity index (χ2n) is 6.99. The Kier molecular flexibility index (Phi) is 5.03. The first kappa shape index (κ1) is 19.7. The van der Waals surface area contributed by atoms with Crippen molar-refractivity contribution in [1.82, 2.24) is 0 Å². The van der Waals surface area contributed by atoms with Gasteiger partial charge in [-0.15, -0.1) is 0 Å². The zero-order chi connectivity index (χ0) is 21.4. The van der Waals surface area contributed by atoms with E-state index in [1.165, 1.54) is 30.0 Å². The fourth-order valence-corrected chi connectivity index (χ4v) is 3.60. The fraction of sp³-hybridized carbons (Fsp3) is 0.130. The van der Waals surface area contributed by atoms with Gasteiger partial charge >= 0.3 is 0 Å². The van der Waals surface area contributed by atoms with E-state index in [1.54, 1.807) is 36.4 Å². The van der Waals surface area contributed by atoms with Crippen LogP contribution in [0.4, 0.5) is 24.5 Å². The molecular weight excluding hydrogens is 393 g/mol. The summed E-state index contributed by atoms with van der Waals surface area (Å²) >= 11 is 0. The molecule has 1 heterocycles. The quantitative estimate of drug-likeness (QED) is 0.629. The Bertz CT molecular complexity index is 1110. The van der Waals surface area contributed by atoms with Crippen molar-refractivity contribution in [2.75, 3.05) is 9.80 Å². The van der Waals surface area contributed by atoms with E-state index < -0.39 is 35.1 Å². The summed E-state index contributed by atoms with van der Waals surface area (Å²) in [7, 11) is 0. The summed E-state index contributed by atoms with van der Waals surface area (Å²) in [5.74, 6) is -3.72. The normalized spacial score (nSPS) is 15.9. The molecule has 0 aromatic heterocycles. The summed E-state index contributed by atoms with van der Waals surface area (Å²) in [4.78, 5) is 28.8. The third kappa shape index (κ3) is 3.32. The van der Waals surface area contributed by atoms with Gasteiger partial charge in [-0.3, -0.25) is 14.5 Å². The van der Waals surface area contributed by atoms with E-state index in [4.69, 9.17) is 0 Å².